The molecule has 3 rings (SSSR count). The second-order valence-electron chi connectivity index (χ2n) is 5.42. The van der Waals surface area contributed by atoms with Gasteiger partial charge in [0, 0.05) is 4.90 Å². The SMILES string of the molecule is CC(Sc1ccc2ccccc2c1)C(=O)Nc1ccccc1C#N. The number of nitrogens with one attached hydrogen (secondary N) is 1. The summed E-state index contributed by atoms with van der Waals surface area (Å²) in [6.45, 7) is 1.87. The highest BCUT2D eigenvalue weighted by Gasteiger charge is 2.16. The van der Waals surface area contributed by atoms with Crippen molar-refractivity contribution in [3.8, 4) is 6.07 Å². The molecule has 118 valence electrons. The number of hydrogen-bond donors (Lipinski definition) is 1. The van der Waals surface area contributed by atoms with Crippen LogP contribution in [-0.2, 0) is 4.79 Å². The Kier molecular flexibility index (Phi) is 4.83. The molecular weight excluding hydrogens is 316 g/mol. The van der Waals surface area contributed by atoms with Crippen molar-refractivity contribution in [2.45, 2.75) is 17.1 Å². The smallest absolute Gasteiger partial charge is 0.237 e. The monoisotopic (exact) mass is 332 g/mol. The second-order valence-corrected chi connectivity index (χ2v) is 6.83. The summed E-state index contributed by atoms with van der Waals surface area (Å²) >= 11 is 1.50. The van der Waals surface area contributed by atoms with E-state index >= 15 is 0 Å². The van der Waals surface area contributed by atoms with Gasteiger partial charge in [-0.1, -0.05) is 42.5 Å². The van der Waals surface area contributed by atoms with E-state index < -0.39 is 0 Å². The van der Waals surface area contributed by atoms with Crippen molar-refractivity contribution in [3.05, 3.63) is 72.3 Å². The van der Waals surface area contributed by atoms with E-state index in [9.17, 15) is 4.79 Å². The molecule has 1 amide bonds. The Hall–Kier alpha value is -2.77. The number of anilines is 1. The van der Waals surface area contributed by atoms with E-state index in [2.05, 4.69) is 35.7 Å². The molecule has 1 unspecified atom stereocenters. The first-order chi connectivity index (χ1) is 11.7. The molecule has 0 fully saturated rings. The maximum Gasteiger partial charge on any atom is 0.237 e. The number of nitriles is 1. The normalized spacial score (nSPS) is 11.7. The molecule has 3 aromatic carbocycles. The number of thioether (sulfide) groups is 1. The van der Waals surface area contributed by atoms with Crippen LogP contribution in [0, 0.1) is 11.3 Å². The first-order valence-electron chi connectivity index (χ1n) is 7.63. The molecule has 3 aromatic rings. The average Bonchev–Trinajstić information content (AvgIpc) is 2.62. The van der Waals surface area contributed by atoms with Crippen molar-refractivity contribution < 1.29 is 4.79 Å². The van der Waals surface area contributed by atoms with Crippen molar-refractivity contribution in [2.24, 2.45) is 0 Å². The number of carbonyl (C=O) groups excluding carboxylic acids is 1. The molecule has 3 nitrogen and oxygen atoms in total. The lowest BCUT2D eigenvalue weighted by atomic mass is 10.1. The zero-order chi connectivity index (χ0) is 16.9. The van der Waals surface area contributed by atoms with Gasteiger partial charge >= 0.3 is 0 Å². The lowest BCUT2D eigenvalue weighted by molar-refractivity contribution is -0.115. The van der Waals surface area contributed by atoms with Crippen LogP contribution in [-0.4, -0.2) is 11.2 Å². The quantitative estimate of drug-likeness (QED) is 0.696. The highest BCUT2D eigenvalue weighted by Crippen LogP contribution is 2.28. The Balaban J connectivity index is 1.72. The summed E-state index contributed by atoms with van der Waals surface area (Å²) in [6, 6.07) is 23.4. The van der Waals surface area contributed by atoms with Gasteiger partial charge in [0.1, 0.15) is 6.07 Å². The van der Waals surface area contributed by atoms with Gasteiger partial charge in [-0.2, -0.15) is 5.26 Å². The molecule has 1 N–H and O–H groups in total. The van der Waals surface area contributed by atoms with Gasteiger partial charge in [0.05, 0.1) is 16.5 Å². The van der Waals surface area contributed by atoms with Crippen LogP contribution in [0.5, 0.6) is 0 Å². The topological polar surface area (TPSA) is 52.9 Å². The maximum absolute atomic E-state index is 12.4. The third-order valence-electron chi connectivity index (χ3n) is 3.71. The maximum atomic E-state index is 12.4. The van der Waals surface area contributed by atoms with E-state index in [-0.39, 0.29) is 11.2 Å². The van der Waals surface area contributed by atoms with Crippen molar-refractivity contribution in [1.29, 1.82) is 5.26 Å². The van der Waals surface area contributed by atoms with Crippen LogP contribution in [0.2, 0.25) is 0 Å². The molecule has 0 saturated carbocycles. The van der Waals surface area contributed by atoms with Gasteiger partial charge in [-0.3, -0.25) is 4.79 Å². The number of nitrogens with zero attached hydrogens (tertiary/aromatic N) is 1. The fraction of sp³-hybridized carbons (Fsp3) is 0.100. The molecule has 0 aliphatic heterocycles. The summed E-state index contributed by atoms with van der Waals surface area (Å²) in [4.78, 5) is 13.5. The summed E-state index contributed by atoms with van der Waals surface area (Å²) in [5.41, 5.74) is 1.02. The van der Waals surface area contributed by atoms with Crippen LogP contribution in [0.15, 0.2) is 71.6 Å². The molecule has 4 heteroatoms. The average molecular weight is 332 g/mol. The summed E-state index contributed by atoms with van der Waals surface area (Å²) in [5, 5.41) is 14.0. The molecular formula is C20H16N2OS. The zero-order valence-corrected chi connectivity index (χ0v) is 14.0. The molecule has 0 bridgehead atoms. The van der Waals surface area contributed by atoms with E-state index in [4.69, 9.17) is 5.26 Å². The lowest BCUT2D eigenvalue weighted by Crippen LogP contribution is -2.22. The van der Waals surface area contributed by atoms with Gasteiger partial charge in [0.25, 0.3) is 0 Å². The summed E-state index contributed by atoms with van der Waals surface area (Å²) in [5.74, 6) is -0.115. The minimum Gasteiger partial charge on any atom is -0.324 e. The molecule has 0 aliphatic carbocycles. The lowest BCUT2D eigenvalue weighted by Gasteiger charge is -2.13. The number of para-hydroxylation sites is 1. The number of carbonyl (C=O) groups is 1. The Labute approximate surface area is 145 Å². The second kappa shape index (κ2) is 7.20. The van der Waals surface area contributed by atoms with E-state index in [0.717, 1.165) is 10.3 Å². The van der Waals surface area contributed by atoms with Gasteiger partial charge in [-0.25, -0.2) is 0 Å². The number of amides is 1. The van der Waals surface area contributed by atoms with Crippen LogP contribution in [0.3, 0.4) is 0 Å². The van der Waals surface area contributed by atoms with Crippen molar-refractivity contribution in [2.75, 3.05) is 5.32 Å². The molecule has 1 atom stereocenters. The van der Waals surface area contributed by atoms with Crippen molar-refractivity contribution in [3.63, 3.8) is 0 Å². The van der Waals surface area contributed by atoms with Gasteiger partial charge < -0.3 is 5.32 Å². The standard InChI is InChI=1S/C20H16N2OS/c1-14(20(23)22-19-9-5-4-8-17(19)13-21)24-18-11-10-15-6-2-3-7-16(15)12-18/h2-12,14H,1H3,(H,22,23). The van der Waals surface area contributed by atoms with Crippen LogP contribution >= 0.6 is 11.8 Å². The van der Waals surface area contributed by atoms with Crippen molar-refractivity contribution in [1.82, 2.24) is 0 Å². The fourth-order valence-electron chi connectivity index (χ4n) is 2.42. The minimum atomic E-state index is -0.266. The van der Waals surface area contributed by atoms with Crippen LogP contribution in [0.25, 0.3) is 10.8 Å². The Morgan fingerprint density at radius 1 is 1.04 bits per heavy atom. The third-order valence-corrected chi connectivity index (χ3v) is 4.80. The van der Waals surface area contributed by atoms with Crippen LogP contribution in [0.4, 0.5) is 5.69 Å². The highest BCUT2D eigenvalue weighted by atomic mass is 32.2. The van der Waals surface area contributed by atoms with Crippen molar-refractivity contribution >= 4 is 34.1 Å². The molecule has 0 heterocycles. The zero-order valence-electron chi connectivity index (χ0n) is 13.2. The van der Waals surface area contributed by atoms with Gasteiger partial charge in [0.15, 0.2) is 0 Å². The highest BCUT2D eigenvalue weighted by molar-refractivity contribution is 8.00. The number of hydrogen-bond acceptors (Lipinski definition) is 3. The first kappa shape index (κ1) is 16.1. The van der Waals surface area contributed by atoms with Gasteiger partial charge in [-0.05, 0) is 42.0 Å². The summed E-state index contributed by atoms with van der Waals surface area (Å²) in [7, 11) is 0. The van der Waals surface area contributed by atoms with Crippen LogP contribution in [0.1, 0.15) is 12.5 Å². The van der Waals surface area contributed by atoms with Gasteiger partial charge in [-0.15, -0.1) is 11.8 Å². The Morgan fingerprint density at radius 3 is 2.54 bits per heavy atom. The minimum absolute atomic E-state index is 0.115. The third kappa shape index (κ3) is 3.58. The van der Waals surface area contributed by atoms with E-state index in [1.807, 2.05) is 25.1 Å². The van der Waals surface area contributed by atoms with Gasteiger partial charge in [0.2, 0.25) is 5.91 Å². The summed E-state index contributed by atoms with van der Waals surface area (Å²) < 4.78 is 0. The predicted octanol–water partition coefficient (Wildman–Crippen LogP) is 4.83. The molecule has 0 spiro atoms. The van der Waals surface area contributed by atoms with Crippen LogP contribution < -0.4 is 5.32 Å². The molecule has 0 radical (unpaired) electrons. The fourth-order valence-corrected chi connectivity index (χ4v) is 3.34. The molecule has 0 aromatic heterocycles. The molecule has 24 heavy (non-hydrogen) atoms. The summed E-state index contributed by atoms with van der Waals surface area (Å²) in [6.07, 6.45) is 0. The Bertz CT molecular complexity index is 930. The predicted molar refractivity (Wildman–Crippen MR) is 99.1 cm³/mol. The van der Waals surface area contributed by atoms with E-state index in [1.165, 1.54) is 17.1 Å². The number of rotatable bonds is 4. The molecule has 0 aliphatic rings. The molecule has 0 saturated heterocycles. The number of fused-ring (bicyclic) bond motifs is 1. The van der Waals surface area contributed by atoms with E-state index in [0.29, 0.717) is 11.3 Å². The first-order valence-corrected chi connectivity index (χ1v) is 8.51. The largest absolute Gasteiger partial charge is 0.324 e. The van der Waals surface area contributed by atoms with E-state index in [1.54, 1.807) is 24.3 Å². The Morgan fingerprint density at radius 2 is 1.75 bits per heavy atom. The number of benzene rings is 3.